The number of amidine groups is 1. The lowest BCUT2D eigenvalue weighted by atomic mass is 10.2. The molecule has 2 aromatic rings. The van der Waals surface area contributed by atoms with Gasteiger partial charge in [-0.05, 0) is 61.2 Å². The van der Waals surface area contributed by atoms with Gasteiger partial charge >= 0.3 is 5.97 Å². The number of rotatable bonds is 5. The molecule has 1 heterocycles. The second kappa shape index (κ2) is 8.62. The molecule has 0 spiro atoms. The third kappa shape index (κ3) is 4.28. The molecule has 0 bridgehead atoms. The zero-order valence-corrected chi connectivity index (χ0v) is 17.6. The lowest BCUT2D eigenvalue weighted by Crippen LogP contribution is -2.28. The SMILES string of the molecule is CCN1C(=O)C(=Cc2cc(Br)ccc2OC)SC1=Nc1cccc(C(=O)O)c1. The van der Waals surface area contributed by atoms with Gasteiger partial charge < -0.3 is 9.84 Å². The maximum atomic E-state index is 12.8. The van der Waals surface area contributed by atoms with E-state index in [4.69, 9.17) is 9.84 Å². The van der Waals surface area contributed by atoms with Crippen molar-refractivity contribution in [2.75, 3.05) is 13.7 Å². The van der Waals surface area contributed by atoms with Crippen molar-refractivity contribution in [3.05, 3.63) is 63.0 Å². The summed E-state index contributed by atoms with van der Waals surface area (Å²) in [5.41, 5.74) is 1.40. The number of aromatic carboxylic acids is 1. The zero-order valence-electron chi connectivity index (χ0n) is 15.2. The maximum Gasteiger partial charge on any atom is 0.335 e. The molecule has 144 valence electrons. The number of carboxylic acids is 1. The lowest BCUT2D eigenvalue weighted by molar-refractivity contribution is -0.122. The number of ether oxygens (including phenoxy) is 1. The number of benzene rings is 2. The van der Waals surface area contributed by atoms with E-state index in [0.29, 0.717) is 28.1 Å². The van der Waals surface area contributed by atoms with Crippen LogP contribution in [0, 0.1) is 0 Å². The molecule has 2 aromatic carbocycles. The number of hydrogen-bond acceptors (Lipinski definition) is 5. The molecule has 0 atom stereocenters. The van der Waals surface area contributed by atoms with Gasteiger partial charge in [0, 0.05) is 16.6 Å². The van der Waals surface area contributed by atoms with Crippen LogP contribution >= 0.6 is 27.7 Å². The molecule has 0 aromatic heterocycles. The highest BCUT2D eigenvalue weighted by atomic mass is 79.9. The van der Waals surface area contributed by atoms with Crippen molar-refractivity contribution >= 4 is 56.5 Å². The van der Waals surface area contributed by atoms with Crippen molar-refractivity contribution in [1.29, 1.82) is 0 Å². The Morgan fingerprint density at radius 3 is 2.79 bits per heavy atom. The summed E-state index contributed by atoms with van der Waals surface area (Å²) in [5, 5.41) is 9.65. The fraction of sp³-hybridized carbons (Fsp3) is 0.150. The first-order chi connectivity index (χ1) is 13.4. The normalized spacial score (nSPS) is 16.8. The van der Waals surface area contributed by atoms with E-state index in [1.807, 2.05) is 25.1 Å². The highest BCUT2D eigenvalue weighted by Gasteiger charge is 2.32. The number of hydrogen-bond donors (Lipinski definition) is 1. The van der Waals surface area contributed by atoms with Crippen LogP contribution in [0.2, 0.25) is 0 Å². The molecule has 1 fully saturated rings. The zero-order chi connectivity index (χ0) is 20.3. The van der Waals surface area contributed by atoms with Gasteiger partial charge in [-0.2, -0.15) is 0 Å². The summed E-state index contributed by atoms with van der Waals surface area (Å²) in [7, 11) is 1.58. The van der Waals surface area contributed by atoms with Gasteiger partial charge in [-0.3, -0.25) is 9.69 Å². The number of amides is 1. The van der Waals surface area contributed by atoms with Crippen LogP contribution in [0.3, 0.4) is 0 Å². The summed E-state index contributed by atoms with van der Waals surface area (Å²) in [5.74, 6) is -0.513. The number of likely N-dealkylation sites (N-methyl/N-ethyl adjacent to an activating group) is 1. The van der Waals surface area contributed by atoms with Crippen molar-refractivity contribution < 1.29 is 19.4 Å². The molecular weight excluding hydrogens is 444 g/mol. The first kappa shape index (κ1) is 20.2. The first-order valence-corrected chi connectivity index (χ1v) is 10.0. The van der Waals surface area contributed by atoms with Gasteiger partial charge in [-0.25, -0.2) is 9.79 Å². The van der Waals surface area contributed by atoms with E-state index < -0.39 is 5.97 Å². The molecule has 0 radical (unpaired) electrons. The minimum Gasteiger partial charge on any atom is -0.496 e. The van der Waals surface area contributed by atoms with Crippen molar-refractivity contribution in [3.63, 3.8) is 0 Å². The highest BCUT2D eigenvalue weighted by molar-refractivity contribution is 9.10. The monoisotopic (exact) mass is 460 g/mol. The average Bonchev–Trinajstić information content (AvgIpc) is 2.96. The Morgan fingerprint density at radius 2 is 2.11 bits per heavy atom. The Balaban J connectivity index is 1.98. The Labute approximate surface area is 175 Å². The molecule has 0 unspecified atom stereocenters. The van der Waals surface area contributed by atoms with E-state index in [-0.39, 0.29) is 11.5 Å². The number of carboxylic acid groups (broad SMARTS) is 1. The number of thioether (sulfide) groups is 1. The summed E-state index contributed by atoms with van der Waals surface area (Å²) in [6.07, 6.45) is 1.77. The summed E-state index contributed by atoms with van der Waals surface area (Å²) in [6.45, 7) is 2.32. The van der Waals surface area contributed by atoms with Crippen LogP contribution in [0.15, 0.2) is 56.8 Å². The largest absolute Gasteiger partial charge is 0.496 e. The predicted octanol–water partition coefficient (Wildman–Crippen LogP) is 4.78. The van der Waals surface area contributed by atoms with Crippen molar-refractivity contribution in [1.82, 2.24) is 4.90 Å². The highest BCUT2D eigenvalue weighted by Crippen LogP contribution is 2.36. The number of halogens is 1. The minimum atomic E-state index is -1.02. The Morgan fingerprint density at radius 1 is 1.32 bits per heavy atom. The molecule has 1 aliphatic heterocycles. The number of carbonyl (C=O) groups is 2. The molecule has 0 saturated carbocycles. The topological polar surface area (TPSA) is 79.2 Å². The van der Waals surface area contributed by atoms with E-state index in [2.05, 4.69) is 20.9 Å². The van der Waals surface area contributed by atoms with E-state index in [1.54, 1.807) is 30.2 Å². The predicted molar refractivity (Wildman–Crippen MR) is 114 cm³/mol. The van der Waals surface area contributed by atoms with E-state index in [1.165, 1.54) is 23.9 Å². The molecule has 28 heavy (non-hydrogen) atoms. The van der Waals surface area contributed by atoms with Crippen LogP contribution in [0.1, 0.15) is 22.8 Å². The molecule has 1 N–H and O–H groups in total. The molecule has 0 aliphatic carbocycles. The third-order valence-corrected chi connectivity index (χ3v) is 5.50. The van der Waals surface area contributed by atoms with Gasteiger partial charge in [-0.1, -0.05) is 22.0 Å². The lowest BCUT2D eigenvalue weighted by Gasteiger charge is -2.12. The Hall–Kier alpha value is -2.58. The number of nitrogens with zero attached hydrogens (tertiary/aromatic N) is 2. The smallest absolute Gasteiger partial charge is 0.335 e. The second-order valence-corrected chi connectivity index (χ2v) is 7.72. The number of methoxy groups -OCH3 is 1. The van der Waals surface area contributed by atoms with Crippen LogP contribution in [-0.2, 0) is 4.79 Å². The Bertz CT molecular complexity index is 1000. The van der Waals surface area contributed by atoms with Crippen LogP contribution in [0.4, 0.5) is 5.69 Å². The van der Waals surface area contributed by atoms with Crippen LogP contribution in [0.5, 0.6) is 5.75 Å². The molecule has 8 heteroatoms. The summed E-state index contributed by atoms with van der Waals surface area (Å²) < 4.78 is 6.25. The van der Waals surface area contributed by atoms with Gasteiger partial charge in [0.1, 0.15) is 5.75 Å². The Kier molecular flexibility index (Phi) is 6.21. The number of aliphatic imine (C=N–C) groups is 1. The molecule has 1 saturated heterocycles. The van der Waals surface area contributed by atoms with Gasteiger partial charge in [0.2, 0.25) is 0 Å². The fourth-order valence-corrected chi connectivity index (χ4v) is 4.08. The third-order valence-electron chi connectivity index (χ3n) is 4.00. The van der Waals surface area contributed by atoms with E-state index in [9.17, 15) is 9.59 Å². The quantitative estimate of drug-likeness (QED) is 0.649. The maximum absolute atomic E-state index is 12.8. The van der Waals surface area contributed by atoms with Crippen LogP contribution < -0.4 is 4.74 Å². The van der Waals surface area contributed by atoms with Gasteiger partial charge in [0.25, 0.3) is 5.91 Å². The van der Waals surface area contributed by atoms with Crippen molar-refractivity contribution in [3.8, 4) is 5.75 Å². The van der Waals surface area contributed by atoms with Crippen molar-refractivity contribution in [2.24, 2.45) is 4.99 Å². The molecule has 1 amide bonds. The summed E-state index contributed by atoms with van der Waals surface area (Å²) in [4.78, 5) is 30.6. The summed E-state index contributed by atoms with van der Waals surface area (Å²) in [6, 6.07) is 11.9. The van der Waals surface area contributed by atoms with Gasteiger partial charge in [0.15, 0.2) is 5.17 Å². The van der Waals surface area contributed by atoms with E-state index >= 15 is 0 Å². The molecule has 6 nitrogen and oxygen atoms in total. The van der Waals surface area contributed by atoms with Crippen LogP contribution in [-0.4, -0.2) is 40.7 Å². The molecular formula is C20H17BrN2O4S. The average molecular weight is 461 g/mol. The molecule has 3 rings (SSSR count). The van der Waals surface area contributed by atoms with E-state index in [0.717, 1.165) is 10.0 Å². The second-order valence-electron chi connectivity index (χ2n) is 5.80. The summed E-state index contributed by atoms with van der Waals surface area (Å²) >= 11 is 4.68. The van der Waals surface area contributed by atoms with Crippen LogP contribution in [0.25, 0.3) is 6.08 Å². The van der Waals surface area contributed by atoms with Gasteiger partial charge in [-0.15, -0.1) is 0 Å². The molecule has 1 aliphatic rings. The minimum absolute atomic E-state index is 0.147. The first-order valence-electron chi connectivity index (χ1n) is 8.40. The number of carbonyl (C=O) groups excluding carboxylic acids is 1. The van der Waals surface area contributed by atoms with Gasteiger partial charge in [0.05, 0.1) is 23.3 Å². The van der Waals surface area contributed by atoms with Crippen molar-refractivity contribution in [2.45, 2.75) is 6.92 Å². The fourth-order valence-electron chi connectivity index (χ4n) is 2.65. The standard InChI is InChI=1S/C20H17BrN2O4S/c1-3-23-18(24)17(11-13-9-14(21)7-8-16(13)27-2)28-20(23)22-15-6-4-5-12(10-15)19(25)26/h4-11H,3H2,1-2H3,(H,25,26).